The Morgan fingerprint density at radius 3 is 2.44 bits per heavy atom. The second-order valence-corrected chi connectivity index (χ2v) is 8.40. The van der Waals surface area contributed by atoms with Crippen molar-refractivity contribution in [1.82, 2.24) is 4.98 Å². The van der Waals surface area contributed by atoms with Gasteiger partial charge in [0.05, 0.1) is 29.5 Å². The van der Waals surface area contributed by atoms with Gasteiger partial charge in [-0.3, -0.25) is 9.69 Å². The van der Waals surface area contributed by atoms with Gasteiger partial charge >= 0.3 is 0 Å². The van der Waals surface area contributed by atoms with Gasteiger partial charge in [-0.2, -0.15) is 0 Å². The molecule has 1 amide bonds. The van der Waals surface area contributed by atoms with Crippen molar-refractivity contribution < 1.29 is 14.3 Å². The lowest BCUT2D eigenvalue weighted by atomic mass is 10.1. The summed E-state index contributed by atoms with van der Waals surface area (Å²) >= 11 is 7.79. The highest BCUT2D eigenvalue weighted by atomic mass is 35.5. The molecule has 0 radical (unpaired) electrons. The number of hydrogen-bond acceptors (Lipinski definition) is 5. The highest BCUT2D eigenvalue weighted by molar-refractivity contribution is 7.22. The molecule has 1 heterocycles. The summed E-state index contributed by atoms with van der Waals surface area (Å²) in [5.74, 6) is 0.993. The van der Waals surface area contributed by atoms with Crippen molar-refractivity contribution in [3.05, 3.63) is 82.9 Å². The SMILES string of the molecule is CCOc1ccc(C(=O)N(Cc2ccccc2)c2nc3c(Cl)cccc3s2)cc1OCC. The number of fused-ring (bicyclic) bond motifs is 1. The smallest absolute Gasteiger partial charge is 0.260 e. The van der Waals surface area contributed by atoms with Crippen molar-refractivity contribution >= 4 is 44.2 Å². The van der Waals surface area contributed by atoms with Crippen LogP contribution in [0.2, 0.25) is 5.02 Å². The van der Waals surface area contributed by atoms with Gasteiger partial charge in [0.2, 0.25) is 0 Å². The molecule has 0 fully saturated rings. The molecule has 0 saturated carbocycles. The minimum Gasteiger partial charge on any atom is -0.490 e. The van der Waals surface area contributed by atoms with Gasteiger partial charge in [-0.05, 0) is 49.7 Å². The van der Waals surface area contributed by atoms with E-state index in [9.17, 15) is 4.79 Å². The number of halogens is 1. The summed E-state index contributed by atoms with van der Waals surface area (Å²) < 4.78 is 12.3. The zero-order valence-corrected chi connectivity index (χ0v) is 19.4. The summed E-state index contributed by atoms with van der Waals surface area (Å²) in [6.45, 7) is 5.18. The Hall–Kier alpha value is -3.09. The lowest BCUT2D eigenvalue weighted by Crippen LogP contribution is -2.30. The number of carbonyl (C=O) groups is 1. The summed E-state index contributed by atoms with van der Waals surface area (Å²) in [5, 5.41) is 1.16. The Kier molecular flexibility index (Phi) is 6.93. The highest BCUT2D eigenvalue weighted by Gasteiger charge is 2.23. The number of amides is 1. The van der Waals surface area contributed by atoms with Gasteiger partial charge < -0.3 is 9.47 Å². The third-order valence-corrected chi connectivity index (χ3v) is 6.16. The molecule has 4 aromatic rings. The van der Waals surface area contributed by atoms with Gasteiger partial charge in [-0.25, -0.2) is 4.98 Å². The van der Waals surface area contributed by atoms with Crippen LogP contribution in [-0.4, -0.2) is 24.1 Å². The quantitative estimate of drug-likeness (QED) is 0.294. The molecule has 164 valence electrons. The minimum atomic E-state index is -0.173. The zero-order valence-electron chi connectivity index (χ0n) is 17.9. The highest BCUT2D eigenvalue weighted by Crippen LogP contribution is 2.35. The lowest BCUT2D eigenvalue weighted by Gasteiger charge is -2.21. The van der Waals surface area contributed by atoms with Crippen molar-refractivity contribution in [2.24, 2.45) is 0 Å². The van der Waals surface area contributed by atoms with E-state index in [0.717, 1.165) is 10.3 Å². The summed E-state index contributed by atoms with van der Waals surface area (Å²) in [5.41, 5.74) is 2.20. The molecule has 0 aliphatic heterocycles. The van der Waals surface area contributed by atoms with Crippen LogP contribution in [0.5, 0.6) is 11.5 Å². The first-order valence-corrected chi connectivity index (χ1v) is 11.6. The van der Waals surface area contributed by atoms with Crippen LogP contribution < -0.4 is 14.4 Å². The molecular weight excluding hydrogens is 444 g/mol. The number of benzene rings is 3. The Morgan fingerprint density at radius 1 is 0.969 bits per heavy atom. The Balaban J connectivity index is 1.76. The number of rotatable bonds is 8. The first-order chi connectivity index (χ1) is 15.6. The molecule has 3 aromatic carbocycles. The molecule has 1 aromatic heterocycles. The molecule has 5 nitrogen and oxygen atoms in total. The number of hydrogen-bond donors (Lipinski definition) is 0. The molecule has 0 atom stereocenters. The van der Waals surface area contributed by atoms with E-state index in [1.807, 2.05) is 56.3 Å². The maximum Gasteiger partial charge on any atom is 0.260 e. The number of aromatic nitrogens is 1. The molecule has 0 aliphatic rings. The molecule has 0 aliphatic carbocycles. The number of carbonyl (C=O) groups excluding carboxylic acids is 1. The standard InChI is InChI=1S/C25H23ClN2O3S/c1-3-30-20-14-13-18(15-21(20)31-4-2)24(29)28(16-17-9-6-5-7-10-17)25-27-23-19(26)11-8-12-22(23)32-25/h5-15H,3-4,16H2,1-2H3. The first kappa shape index (κ1) is 22.1. The van der Waals surface area contributed by atoms with Gasteiger partial charge in [0.1, 0.15) is 5.52 Å². The molecule has 0 unspecified atom stereocenters. The number of ether oxygens (including phenoxy) is 2. The average Bonchev–Trinajstić information content (AvgIpc) is 3.25. The summed E-state index contributed by atoms with van der Waals surface area (Å²) in [7, 11) is 0. The third kappa shape index (κ3) is 4.71. The van der Waals surface area contributed by atoms with Crippen molar-refractivity contribution in [2.45, 2.75) is 20.4 Å². The second kappa shape index (κ2) is 10.0. The number of anilines is 1. The first-order valence-electron chi connectivity index (χ1n) is 10.4. The molecule has 0 N–H and O–H groups in total. The Labute approximate surface area is 196 Å². The van der Waals surface area contributed by atoms with Gasteiger partial charge in [-0.1, -0.05) is 59.3 Å². The van der Waals surface area contributed by atoms with E-state index < -0.39 is 0 Å². The summed E-state index contributed by atoms with van der Waals surface area (Å²) in [6, 6.07) is 20.8. The van der Waals surface area contributed by atoms with E-state index in [4.69, 9.17) is 26.1 Å². The predicted molar refractivity (Wildman–Crippen MR) is 130 cm³/mol. The molecule has 7 heteroatoms. The summed E-state index contributed by atoms with van der Waals surface area (Å²) in [6.07, 6.45) is 0. The van der Waals surface area contributed by atoms with E-state index in [1.165, 1.54) is 11.3 Å². The van der Waals surface area contributed by atoms with E-state index in [1.54, 1.807) is 29.2 Å². The molecule has 0 bridgehead atoms. The van der Waals surface area contributed by atoms with E-state index in [0.29, 0.717) is 52.5 Å². The third-order valence-electron chi connectivity index (χ3n) is 4.81. The fourth-order valence-corrected chi connectivity index (χ4v) is 4.61. The molecule has 4 rings (SSSR count). The Bertz CT molecular complexity index is 1230. The molecule has 0 saturated heterocycles. The Morgan fingerprint density at radius 2 is 1.72 bits per heavy atom. The molecule has 0 spiro atoms. The van der Waals surface area contributed by atoms with Crippen molar-refractivity contribution in [3.8, 4) is 11.5 Å². The number of para-hydroxylation sites is 1. The van der Waals surface area contributed by atoms with E-state index in [-0.39, 0.29) is 5.91 Å². The van der Waals surface area contributed by atoms with E-state index >= 15 is 0 Å². The van der Waals surface area contributed by atoms with Crippen LogP contribution in [0.15, 0.2) is 66.7 Å². The predicted octanol–water partition coefficient (Wildman–Crippen LogP) is 6.59. The average molecular weight is 467 g/mol. The van der Waals surface area contributed by atoms with Gasteiger partial charge in [0.25, 0.3) is 5.91 Å². The maximum absolute atomic E-state index is 13.7. The second-order valence-electron chi connectivity index (χ2n) is 6.99. The maximum atomic E-state index is 13.7. The van der Waals surface area contributed by atoms with Gasteiger partial charge in [-0.15, -0.1) is 0 Å². The van der Waals surface area contributed by atoms with Crippen molar-refractivity contribution in [3.63, 3.8) is 0 Å². The van der Waals surface area contributed by atoms with Crippen LogP contribution in [0.3, 0.4) is 0 Å². The van der Waals surface area contributed by atoms with Crippen LogP contribution >= 0.6 is 22.9 Å². The lowest BCUT2D eigenvalue weighted by molar-refractivity contribution is 0.0984. The summed E-state index contributed by atoms with van der Waals surface area (Å²) in [4.78, 5) is 20.1. The molecular formula is C25H23ClN2O3S. The van der Waals surface area contributed by atoms with Gasteiger partial charge in [0, 0.05) is 5.56 Å². The van der Waals surface area contributed by atoms with Crippen LogP contribution in [0, 0.1) is 0 Å². The van der Waals surface area contributed by atoms with E-state index in [2.05, 4.69) is 0 Å². The normalized spacial score (nSPS) is 10.8. The van der Waals surface area contributed by atoms with Crippen molar-refractivity contribution in [1.29, 1.82) is 0 Å². The largest absolute Gasteiger partial charge is 0.490 e. The van der Waals surface area contributed by atoms with Crippen LogP contribution in [0.25, 0.3) is 10.2 Å². The fraction of sp³-hybridized carbons (Fsp3) is 0.200. The van der Waals surface area contributed by atoms with Crippen LogP contribution in [-0.2, 0) is 6.54 Å². The number of thiazole rings is 1. The monoisotopic (exact) mass is 466 g/mol. The number of nitrogens with zero attached hydrogens (tertiary/aromatic N) is 2. The topological polar surface area (TPSA) is 51.7 Å². The van der Waals surface area contributed by atoms with Crippen LogP contribution in [0.1, 0.15) is 29.8 Å². The zero-order chi connectivity index (χ0) is 22.5. The minimum absolute atomic E-state index is 0.173. The molecule has 32 heavy (non-hydrogen) atoms. The van der Waals surface area contributed by atoms with Gasteiger partial charge in [0.15, 0.2) is 16.6 Å². The fourth-order valence-electron chi connectivity index (χ4n) is 3.35. The van der Waals surface area contributed by atoms with Crippen molar-refractivity contribution in [2.75, 3.05) is 18.1 Å². The van der Waals surface area contributed by atoms with Crippen LogP contribution in [0.4, 0.5) is 5.13 Å².